The normalized spacial score (nSPS) is 12.1. The van der Waals surface area contributed by atoms with Gasteiger partial charge in [0.2, 0.25) is 0 Å². The maximum Gasteiger partial charge on any atom is 0.184 e. The third kappa shape index (κ3) is 2.57. The minimum atomic E-state index is -0.707. The van der Waals surface area contributed by atoms with Crippen molar-refractivity contribution < 1.29 is 9.18 Å². The molecule has 0 amide bonds. The van der Waals surface area contributed by atoms with Crippen LogP contribution in [0.5, 0.6) is 0 Å². The number of Topliss-reactive ketones (excluding diaryl/α,β-unsaturated/α-hetero) is 1. The van der Waals surface area contributed by atoms with Gasteiger partial charge >= 0.3 is 0 Å². The maximum atomic E-state index is 12.7. The van der Waals surface area contributed by atoms with E-state index < -0.39 is 6.04 Å². The lowest BCUT2D eigenvalue weighted by molar-refractivity contribution is 0.0961. The van der Waals surface area contributed by atoms with Gasteiger partial charge in [-0.1, -0.05) is 30.3 Å². The molecule has 3 heteroatoms. The van der Waals surface area contributed by atoms with Crippen LogP contribution in [-0.2, 0) is 0 Å². The number of ketones is 1. The number of benzene rings is 2. The van der Waals surface area contributed by atoms with Crippen molar-refractivity contribution in [3.63, 3.8) is 0 Å². The fourth-order valence-corrected chi connectivity index (χ4v) is 1.61. The first-order chi connectivity index (χ1) is 8.18. The van der Waals surface area contributed by atoms with E-state index in [9.17, 15) is 9.18 Å². The van der Waals surface area contributed by atoms with Crippen molar-refractivity contribution in [2.24, 2.45) is 5.73 Å². The Bertz CT molecular complexity index is 508. The van der Waals surface area contributed by atoms with Crippen molar-refractivity contribution in [2.75, 3.05) is 0 Å². The molecule has 2 nitrogen and oxygen atoms in total. The van der Waals surface area contributed by atoms with E-state index in [2.05, 4.69) is 0 Å². The molecule has 86 valence electrons. The Morgan fingerprint density at radius 2 is 1.59 bits per heavy atom. The van der Waals surface area contributed by atoms with Gasteiger partial charge in [-0.25, -0.2) is 4.39 Å². The molecule has 0 heterocycles. The molecule has 2 rings (SSSR count). The quantitative estimate of drug-likeness (QED) is 0.822. The highest BCUT2D eigenvalue weighted by Gasteiger charge is 2.17. The van der Waals surface area contributed by atoms with E-state index in [1.54, 1.807) is 12.1 Å². The fourth-order valence-electron chi connectivity index (χ4n) is 1.61. The number of rotatable bonds is 3. The van der Waals surface area contributed by atoms with Crippen LogP contribution in [0.15, 0.2) is 54.6 Å². The van der Waals surface area contributed by atoms with Gasteiger partial charge in [0, 0.05) is 5.56 Å². The number of carbonyl (C=O) groups excluding carboxylic acids is 1. The van der Waals surface area contributed by atoms with Crippen molar-refractivity contribution in [1.29, 1.82) is 0 Å². The average Bonchev–Trinajstić information content (AvgIpc) is 2.39. The highest BCUT2D eigenvalue weighted by molar-refractivity contribution is 6.00. The van der Waals surface area contributed by atoms with Crippen LogP contribution in [0, 0.1) is 5.82 Å². The lowest BCUT2D eigenvalue weighted by atomic mass is 9.98. The van der Waals surface area contributed by atoms with Gasteiger partial charge in [0.1, 0.15) is 5.82 Å². The van der Waals surface area contributed by atoms with Gasteiger partial charge in [0.05, 0.1) is 6.04 Å². The van der Waals surface area contributed by atoms with E-state index in [4.69, 9.17) is 5.73 Å². The van der Waals surface area contributed by atoms with Crippen LogP contribution in [-0.4, -0.2) is 5.78 Å². The zero-order chi connectivity index (χ0) is 12.3. The number of nitrogens with two attached hydrogens (primary N) is 1. The van der Waals surface area contributed by atoms with Crippen molar-refractivity contribution in [3.05, 3.63) is 71.5 Å². The summed E-state index contributed by atoms with van der Waals surface area (Å²) < 4.78 is 12.7. The van der Waals surface area contributed by atoms with Crippen LogP contribution in [0.1, 0.15) is 22.0 Å². The van der Waals surface area contributed by atoms with Crippen LogP contribution < -0.4 is 5.73 Å². The van der Waals surface area contributed by atoms with Crippen molar-refractivity contribution in [1.82, 2.24) is 0 Å². The van der Waals surface area contributed by atoms with Crippen molar-refractivity contribution >= 4 is 5.78 Å². The summed E-state index contributed by atoms with van der Waals surface area (Å²) in [6, 6.07) is 13.8. The first-order valence-electron chi connectivity index (χ1n) is 5.29. The van der Waals surface area contributed by atoms with E-state index in [0.29, 0.717) is 5.56 Å². The molecule has 0 bridgehead atoms. The molecule has 1 unspecified atom stereocenters. The molecular formula is C14H12FNO. The molecular weight excluding hydrogens is 217 g/mol. The summed E-state index contributed by atoms with van der Waals surface area (Å²) in [5.74, 6) is -0.578. The molecule has 0 spiro atoms. The largest absolute Gasteiger partial charge is 0.318 e. The fraction of sp³-hybridized carbons (Fsp3) is 0.0714. The van der Waals surface area contributed by atoms with Crippen LogP contribution in [0.2, 0.25) is 0 Å². The second-order valence-corrected chi connectivity index (χ2v) is 3.76. The van der Waals surface area contributed by atoms with Gasteiger partial charge in [0.25, 0.3) is 0 Å². The summed E-state index contributed by atoms with van der Waals surface area (Å²) >= 11 is 0. The van der Waals surface area contributed by atoms with Gasteiger partial charge in [-0.15, -0.1) is 0 Å². The van der Waals surface area contributed by atoms with E-state index in [1.807, 2.05) is 18.2 Å². The Morgan fingerprint density at radius 3 is 2.18 bits per heavy atom. The summed E-state index contributed by atoms with van der Waals surface area (Å²) in [7, 11) is 0. The zero-order valence-corrected chi connectivity index (χ0v) is 9.14. The summed E-state index contributed by atoms with van der Waals surface area (Å²) in [6.07, 6.45) is 0. The van der Waals surface area contributed by atoms with Gasteiger partial charge in [-0.05, 0) is 29.8 Å². The summed E-state index contributed by atoms with van der Waals surface area (Å²) in [5.41, 5.74) is 7.04. The minimum absolute atomic E-state index is 0.212. The first-order valence-corrected chi connectivity index (χ1v) is 5.29. The predicted octanol–water partition coefficient (Wildman–Crippen LogP) is 2.71. The molecule has 0 saturated carbocycles. The number of carbonyl (C=O) groups is 1. The number of hydrogen-bond acceptors (Lipinski definition) is 2. The van der Waals surface area contributed by atoms with Gasteiger partial charge in [-0.3, -0.25) is 4.79 Å². The highest BCUT2D eigenvalue weighted by Crippen LogP contribution is 2.16. The Kier molecular flexibility index (Phi) is 3.30. The monoisotopic (exact) mass is 229 g/mol. The molecule has 0 aliphatic rings. The third-order valence-corrected chi connectivity index (χ3v) is 2.57. The lowest BCUT2D eigenvalue weighted by Gasteiger charge is -2.10. The molecule has 2 N–H and O–H groups in total. The van der Waals surface area contributed by atoms with Crippen LogP contribution in [0.3, 0.4) is 0 Å². The van der Waals surface area contributed by atoms with Crippen LogP contribution in [0.25, 0.3) is 0 Å². The standard InChI is InChI=1S/C14H12FNO/c15-12-8-6-11(7-9-12)14(17)13(16)10-4-2-1-3-5-10/h1-9,13H,16H2. The Labute approximate surface area is 98.9 Å². The molecule has 0 aliphatic carbocycles. The molecule has 2 aromatic carbocycles. The molecule has 0 fully saturated rings. The Morgan fingerprint density at radius 1 is 1.00 bits per heavy atom. The highest BCUT2D eigenvalue weighted by atomic mass is 19.1. The van der Waals surface area contributed by atoms with E-state index in [-0.39, 0.29) is 11.6 Å². The van der Waals surface area contributed by atoms with E-state index >= 15 is 0 Å². The third-order valence-electron chi connectivity index (χ3n) is 2.57. The second kappa shape index (κ2) is 4.89. The van der Waals surface area contributed by atoms with Gasteiger partial charge in [-0.2, -0.15) is 0 Å². The second-order valence-electron chi connectivity index (χ2n) is 3.76. The molecule has 0 aliphatic heterocycles. The average molecular weight is 229 g/mol. The summed E-state index contributed by atoms with van der Waals surface area (Å²) in [6.45, 7) is 0. The molecule has 0 aromatic heterocycles. The number of halogens is 1. The molecule has 2 aromatic rings. The smallest absolute Gasteiger partial charge is 0.184 e. The predicted molar refractivity (Wildman–Crippen MR) is 64.1 cm³/mol. The topological polar surface area (TPSA) is 43.1 Å². The van der Waals surface area contributed by atoms with E-state index in [1.165, 1.54) is 24.3 Å². The summed E-state index contributed by atoms with van der Waals surface area (Å²) in [4.78, 5) is 12.0. The van der Waals surface area contributed by atoms with Crippen molar-refractivity contribution in [3.8, 4) is 0 Å². The SMILES string of the molecule is NC(C(=O)c1ccc(F)cc1)c1ccccc1. The number of hydrogen-bond donors (Lipinski definition) is 1. The first kappa shape index (κ1) is 11.5. The minimum Gasteiger partial charge on any atom is -0.318 e. The van der Waals surface area contributed by atoms with Gasteiger partial charge in [0.15, 0.2) is 5.78 Å². The summed E-state index contributed by atoms with van der Waals surface area (Å²) in [5, 5.41) is 0. The van der Waals surface area contributed by atoms with Crippen LogP contribution in [0.4, 0.5) is 4.39 Å². The maximum absolute atomic E-state index is 12.7. The van der Waals surface area contributed by atoms with E-state index in [0.717, 1.165) is 5.56 Å². The lowest BCUT2D eigenvalue weighted by Crippen LogP contribution is -2.21. The Balaban J connectivity index is 2.23. The van der Waals surface area contributed by atoms with Gasteiger partial charge < -0.3 is 5.73 Å². The van der Waals surface area contributed by atoms with Crippen LogP contribution >= 0.6 is 0 Å². The zero-order valence-electron chi connectivity index (χ0n) is 9.14. The molecule has 17 heavy (non-hydrogen) atoms. The van der Waals surface area contributed by atoms with Crippen molar-refractivity contribution in [2.45, 2.75) is 6.04 Å². The molecule has 1 atom stereocenters. The molecule has 0 radical (unpaired) electrons. The molecule has 0 saturated heterocycles. The Hall–Kier alpha value is -2.00.